The maximum absolute atomic E-state index is 3.71. The zero-order valence-corrected chi connectivity index (χ0v) is 25.0. The molecule has 0 rings (SSSR count). The first-order valence-corrected chi connectivity index (χ1v) is 17.0. The fourth-order valence-corrected chi connectivity index (χ4v) is 5.96. The third kappa shape index (κ3) is 28.6. The molecule has 0 heterocycles. The van der Waals surface area contributed by atoms with Gasteiger partial charge in [0.05, 0.1) is 0 Å². The molecule has 0 amide bonds. The van der Waals surface area contributed by atoms with E-state index in [0.29, 0.717) is 0 Å². The fraction of sp³-hybridized carbons (Fsp3) is 1.00. The lowest BCUT2D eigenvalue weighted by Crippen LogP contribution is -2.02. The monoisotopic (exact) mass is 528 g/mol. The summed E-state index contributed by atoms with van der Waals surface area (Å²) < 4.78 is 0. The van der Waals surface area contributed by atoms with Crippen LogP contribution in [0.25, 0.3) is 0 Å². The van der Waals surface area contributed by atoms with E-state index < -0.39 is 0 Å². The summed E-state index contributed by atoms with van der Waals surface area (Å²) in [5.74, 6) is 0.986. The standard InChI is InChI=1S/C32H65Br/c1-3-5-7-9-11-13-15-17-19-21-23-25-27-29-32(30-31-33)28-26-24-22-20-18-16-14-12-10-8-6-4-2/h32H,3-31H2,1-2H3. The number of alkyl halides is 1. The Balaban J connectivity index is 3.38. The van der Waals surface area contributed by atoms with Crippen LogP contribution in [0.1, 0.15) is 194 Å². The van der Waals surface area contributed by atoms with Crippen molar-refractivity contribution in [2.75, 3.05) is 5.33 Å². The van der Waals surface area contributed by atoms with E-state index in [-0.39, 0.29) is 0 Å². The highest BCUT2D eigenvalue weighted by molar-refractivity contribution is 9.09. The molecular weight excluding hydrogens is 464 g/mol. The van der Waals surface area contributed by atoms with Gasteiger partial charge in [-0.2, -0.15) is 0 Å². The van der Waals surface area contributed by atoms with Crippen LogP contribution in [0.4, 0.5) is 0 Å². The minimum absolute atomic E-state index is 0.986. The molecule has 200 valence electrons. The molecule has 0 bridgehead atoms. The molecule has 33 heavy (non-hydrogen) atoms. The Morgan fingerprint density at radius 2 is 0.576 bits per heavy atom. The van der Waals surface area contributed by atoms with E-state index >= 15 is 0 Å². The Labute approximate surface area is 220 Å². The van der Waals surface area contributed by atoms with Gasteiger partial charge in [-0.25, -0.2) is 0 Å². The lowest BCUT2D eigenvalue weighted by Gasteiger charge is -2.15. The lowest BCUT2D eigenvalue weighted by atomic mass is 9.92. The maximum atomic E-state index is 3.71. The van der Waals surface area contributed by atoms with Crippen LogP contribution in [0.2, 0.25) is 0 Å². The van der Waals surface area contributed by atoms with E-state index in [1.165, 1.54) is 185 Å². The Kier molecular flexibility index (Phi) is 31.0. The van der Waals surface area contributed by atoms with Crippen molar-refractivity contribution in [3.8, 4) is 0 Å². The Hall–Kier alpha value is 0.480. The third-order valence-electron chi connectivity index (χ3n) is 7.70. The highest BCUT2D eigenvalue weighted by Gasteiger charge is 2.08. The molecule has 0 fully saturated rings. The van der Waals surface area contributed by atoms with Crippen LogP contribution >= 0.6 is 15.9 Å². The first-order chi connectivity index (χ1) is 16.3. The second kappa shape index (κ2) is 30.5. The van der Waals surface area contributed by atoms with Crippen LogP contribution in [0.3, 0.4) is 0 Å². The minimum atomic E-state index is 0.986. The third-order valence-corrected chi connectivity index (χ3v) is 8.16. The van der Waals surface area contributed by atoms with Crippen LogP contribution in [0.15, 0.2) is 0 Å². The van der Waals surface area contributed by atoms with Gasteiger partial charge in [-0.3, -0.25) is 0 Å². The van der Waals surface area contributed by atoms with Crippen molar-refractivity contribution in [1.29, 1.82) is 0 Å². The van der Waals surface area contributed by atoms with Crippen LogP contribution in [-0.4, -0.2) is 5.33 Å². The van der Waals surface area contributed by atoms with E-state index in [9.17, 15) is 0 Å². The molecule has 0 aromatic heterocycles. The van der Waals surface area contributed by atoms with E-state index in [2.05, 4.69) is 29.8 Å². The Bertz CT molecular complexity index is 326. The maximum Gasteiger partial charge on any atom is 0.00339 e. The molecule has 0 saturated carbocycles. The highest BCUT2D eigenvalue weighted by Crippen LogP contribution is 2.23. The van der Waals surface area contributed by atoms with E-state index in [1.54, 1.807) is 0 Å². The van der Waals surface area contributed by atoms with Gasteiger partial charge in [0.25, 0.3) is 0 Å². The van der Waals surface area contributed by atoms with Gasteiger partial charge in [0.2, 0.25) is 0 Å². The smallest absolute Gasteiger partial charge is 0.00339 e. The number of unbranched alkanes of at least 4 members (excludes halogenated alkanes) is 23. The van der Waals surface area contributed by atoms with Crippen molar-refractivity contribution < 1.29 is 0 Å². The summed E-state index contributed by atoms with van der Waals surface area (Å²) >= 11 is 3.71. The number of halogens is 1. The highest BCUT2D eigenvalue weighted by atomic mass is 79.9. The fourth-order valence-electron chi connectivity index (χ4n) is 5.31. The number of rotatable bonds is 29. The summed E-state index contributed by atoms with van der Waals surface area (Å²) in [5, 5.41) is 1.20. The summed E-state index contributed by atoms with van der Waals surface area (Å²) in [4.78, 5) is 0. The minimum Gasteiger partial charge on any atom is -0.0928 e. The van der Waals surface area contributed by atoms with E-state index in [1.807, 2.05) is 0 Å². The largest absolute Gasteiger partial charge is 0.0928 e. The van der Waals surface area contributed by atoms with Crippen molar-refractivity contribution in [3.05, 3.63) is 0 Å². The first-order valence-electron chi connectivity index (χ1n) is 15.9. The molecule has 1 atom stereocenters. The summed E-state index contributed by atoms with van der Waals surface area (Å²) in [5.41, 5.74) is 0. The lowest BCUT2D eigenvalue weighted by molar-refractivity contribution is 0.395. The molecule has 0 aliphatic heterocycles. The molecule has 1 heteroatoms. The summed E-state index contributed by atoms with van der Waals surface area (Å²) in [7, 11) is 0. The number of hydrogen-bond donors (Lipinski definition) is 0. The average molecular weight is 530 g/mol. The molecule has 1 unspecified atom stereocenters. The van der Waals surface area contributed by atoms with E-state index in [4.69, 9.17) is 0 Å². The van der Waals surface area contributed by atoms with Crippen LogP contribution in [0.5, 0.6) is 0 Å². The molecule has 0 aliphatic carbocycles. The van der Waals surface area contributed by atoms with Gasteiger partial charge in [0.1, 0.15) is 0 Å². The van der Waals surface area contributed by atoms with Gasteiger partial charge in [0, 0.05) is 5.33 Å². The SMILES string of the molecule is CCCCCCCCCCCCCCCC(CCBr)CCCCCCCCCCCCCC. The summed E-state index contributed by atoms with van der Waals surface area (Å²) in [6.45, 7) is 4.61. The Morgan fingerprint density at radius 3 is 0.818 bits per heavy atom. The molecule has 0 aromatic rings. The molecule has 0 saturated heterocycles. The molecule has 0 nitrogen and oxygen atoms in total. The topological polar surface area (TPSA) is 0 Å². The van der Waals surface area contributed by atoms with Crippen molar-refractivity contribution in [2.45, 2.75) is 194 Å². The van der Waals surface area contributed by atoms with Crippen molar-refractivity contribution >= 4 is 15.9 Å². The van der Waals surface area contributed by atoms with E-state index in [0.717, 1.165) is 5.92 Å². The van der Waals surface area contributed by atoms with Crippen LogP contribution in [0, 0.1) is 5.92 Å². The first kappa shape index (κ1) is 33.5. The summed E-state index contributed by atoms with van der Waals surface area (Å²) in [6, 6.07) is 0. The normalized spacial score (nSPS) is 12.5. The average Bonchev–Trinajstić information content (AvgIpc) is 2.82. The molecule has 0 radical (unpaired) electrons. The van der Waals surface area contributed by atoms with Gasteiger partial charge in [-0.05, 0) is 12.3 Å². The van der Waals surface area contributed by atoms with Crippen molar-refractivity contribution in [3.63, 3.8) is 0 Å². The van der Waals surface area contributed by atoms with Gasteiger partial charge in [-0.15, -0.1) is 0 Å². The Morgan fingerprint density at radius 1 is 0.333 bits per heavy atom. The van der Waals surface area contributed by atoms with Crippen molar-refractivity contribution in [2.24, 2.45) is 5.92 Å². The van der Waals surface area contributed by atoms with Crippen LogP contribution in [-0.2, 0) is 0 Å². The quantitative estimate of drug-likeness (QED) is 0.0667. The molecule has 0 N–H and O–H groups in total. The predicted molar refractivity (Wildman–Crippen MR) is 158 cm³/mol. The second-order valence-corrected chi connectivity index (χ2v) is 11.8. The second-order valence-electron chi connectivity index (χ2n) is 11.1. The zero-order chi connectivity index (χ0) is 24.1. The van der Waals surface area contributed by atoms with Gasteiger partial charge in [-0.1, -0.05) is 203 Å². The van der Waals surface area contributed by atoms with Gasteiger partial charge >= 0.3 is 0 Å². The van der Waals surface area contributed by atoms with Crippen LogP contribution < -0.4 is 0 Å². The number of hydrogen-bond acceptors (Lipinski definition) is 0. The van der Waals surface area contributed by atoms with Crippen molar-refractivity contribution in [1.82, 2.24) is 0 Å². The molecular formula is C32H65Br. The van der Waals surface area contributed by atoms with Gasteiger partial charge in [0.15, 0.2) is 0 Å². The molecule has 0 aromatic carbocycles. The molecule has 0 spiro atoms. The zero-order valence-electron chi connectivity index (χ0n) is 23.5. The summed E-state index contributed by atoms with van der Waals surface area (Å²) in [6.07, 6.45) is 41.1. The predicted octanol–water partition coefficient (Wildman–Crippen LogP) is 13.0. The van der Waals surface area contributed by atoms with Gasteiger partial charge < -0.3 is 0 Å². The molecule has 0 aliphatic rings.